The minimum absolute atomic E-state index is 0.0937. The molecule has 1 aliphatic heterocycles. The first kappa shape index (κ1) is 18.4. The van der Waals surface area contributed by atoms with E-state index < -0.39 is 11.4 Å². The van der Waals surface area contributed by atoms with E-state index in [0.717, 1.165) is 11.1 Å². The van der Waals surface area contributed by atoms with Crippen molar-refractivity contribution in [3.63, 3.8) is 0 Å². The van der Waals surface area contributed by atoms with Crippen LogP contribution in [0.5, 0.6) is 0 Å². The minimum atomic E-state index is -0.988. The van der Waals surface area contributed by atoms with E-state index in [1.165, 1.54) is 6.07 Å². The minimum Gasteiger partial charge on any atom is -0.478 e. The molecule has 0 aromatic heterocycles. The predicted octanol–water partition coefficient (Wildman–Crippen LogP) is 3.40. The van der Waals surface area contributed by atoms with Gasteiger partial charge in [-0.15, -0.1) is 0 Å². The van der Waals surface area contributed by atoms with Crippen LogP contribution in [-0.4, -0.2) is 30.2 Å². The van der Waals surface area contributed by atoms with E-state index in [1.807, 2.05) is 18.2 Å². The lowest BCUT2D eigenvalue weighted by Gasteiger charge is -2.36. The lowest BCUT2D eigenvalue weighted by molar-refractivity contribution is -0.130. The monoisotopic (exact) mass is 373 g/mol. The number of halogens is 1. The Bertz CT molecular complexity index is 815. The predicted molar refractivity (Wildman–Crippen MR) is 98.4 cm³/mol. The highest BCUT2D eigenvalue weighted by Gasteiger charge is 2.41. The Morgan fingerprint density at radius 1 is 1.12 bits per heavy atom. The second-order valence-corrected chi connectivity index (χ2v) is 6.83. The van der Waals surface area contributed by atoms with Gasteiger partial charge in [-0.1, -0.05) is 35.9 Å². The molecule has 6 heteroatoms. The number of carboxylic acids is 1. The van der Waals surface area contributed by atoms with Gasteiger partial charge in [0.2, 0.25) is 5.91 Å². The fourth-order valence-corrected chi connectivity index (χ4v) is 3.51. The number of hydrogen-bond acceptors (Lipinski definition) is 3. The van der Waals surface area contributed by atoms with Crippen molar-refractivity contribution in [3.05, 3.63) is 70.2 Å². The molecule has 0 saturated carbocycles. The molecule has 5 nitrogen and oxygen atoms in total. The van der Waals surface area contributed by atoms with E-state index in [-0.39, 0.29) is 18.0 Å². The van der Waals surface area contributed by atoms with Gasteiger partial charge >= 0.3 is 5.97 Å². The number of rotatable bonds is 5. The van der Waals surface area contributed by atoms with Gasteiger partial charge < -0.3 is 15.2 Å². The molecule has 2 N–H and O–H groups in total. The zero-order valence-corrected chi connectivity index (χ0v) is 15.0. The summed E-state index contributed by atoms with van der Waals surface area (Å²) in [6, 6.07) is 13.9. The van der Waals surface area contributed by atoms with Crippen molar-refractivity contribution in [2.24, 2.45) is 0 Å². The molecule has 2 aromatic carbocycles. The summed E-state index contributed by atoms with van der Waals surface area (Å²) in [5.41, 5.74) is 1.14. The highest BCUT2D eigenvalue weighted by Crippen LogP contribution is 2.36. The van der Waals surface area contributed by atoms with Crippen LogP contribution in [-0.2, 0) is 21.5 Å². The van der Waals surface area contributed by atoms with Gasteiger partial charge in [0.25, 0.3) is 0 Å². The quantitative estimate of drug-likeness (QED) is 0.842. The molecule has 3 rings (SSSR count). The van der Waals surface area contributed by atoms with E-state index in [1.54, 1.807) is 24.3 Å². The molecule has 1 amide bonds. The second-order valence-electron chi connectivity index (χ2n) is 6.39. The molecular formula is C20H20ClNO4. The standard InChI is InChI=1S/C20H20ClNO4/c21-17-6-2-5-16(12-17)20(7-9-26-10-8-20)19(25)22-13-14-3-1-4-15(11-14)18(23)24/h1-6,11-12H,7-10,13H2,(H,22,25)(H,23,24). The third-order valence-electron chi connectivity index (χ3n) is 4.79. The lowest BCUT2D eigenvalue weighted by atomic mass is 9.73. The number of aromatic carboxylic acids is 1. The number of ether oxygens (including phenoxy) is 1. The highest BCUT2D eigenvalue weighted by atomic mass is 35.5. The van der Waals surface area contributed by atoms with Crippen molar-refractivity contribution in [2.75, 3.05) is 13.2 Å². The van der Waals surface area contributed by atoms with Crippen molar-refractivity contribution in [3.8, 4) is 0 Å². The molecule has 0 bridgehead atoms. The van der Waals surface area contributed by atoms with Gasteiger partial charge in [-0.25, -0.2) is 4.79 Å². The zero-order chi connectivity index (χ0) is 18.6. The largest absolute Gasteiger partial charge is 0.478 e. The van der Waals surface area contributed by atoms with Crippen LogP contribution in [0.3, 0.4) is 0 Å². The zero-order valence-electron chi connectivity index (χ0n) is 14.2. The van der Waals surface area contributed by atoms with E-state index >= 15 is 0 Å². The smallest absolute Gasteiger partial charge is 0.335 e. The number of carbonyl (C=O) groups excluding carboxylic acids is 1. The van der Waals surface area contributed by atoms with Gasteiger partial charge in [-0.2, -0.15) is 0 Å². The molecule has 0 atom stereocenters. The molecule has 0 unspecified atom stereocenters. The molecule has 0 radical (unpaired) electrons. The molecule has 2 aromatic rings. The third-order valence-corrected chi connectivity index (χ3v) is 5.02. The maximum Gasteiger partial charge on any atom is 0.335 e. The first-order valence-electron chi connectivity index (χ1n) is 8.46. The van der Waals surface area contributed by atoms with Crippen LogP contribution in [0.25, 0.3) is 0 Å². The normalized spacial score (nSPS) is 16.0. The van der Waals surface area contributed by atoms with Crippen LogP contribution in [0.2, 0.25) is 5.02 Å². The Morgan fingerprint density at radius 3 is 2.54 bits per heavy atom. The third kappa shape index (κ3) is 3.89. The van der Waals surface area contributed by atoms with Gasteiger partial charge in [0.15, 0.2) is 0 Å². The number of nitrogens with one attached hydrogen (secondary N) is 1. The van der Waals surface area contributed by atoms with Crippen LogP contribution in [0.4, 0.5) is 0 Å². The van der Waals surface area contributed by atoms with E-state index in [0.29, 0.717) is 31.1 Å². The molecule has 1 heterocycles. The Hall–Kier alpha value is -2.37. The molecule has 1 aliphatic rings. The molecule has 26 heavy (non-hydrogen) atoms. The van der Waals surface area contributed by atoms with Gasteiger partial charge in [0.05, 0.1) is 11.0 Å². The first-order valence-corrected chi connectivity index (χ1v) is 8.83. The summed E-state index contributed by atoms with van der Waals surface area (Å²) in [5.74, 6) is -1.08. The molecule has 136 valence electrons. The van der Waals surface area contributed by atoms with Gasteiger partial charge in [0, 0.05) is 24.8 Å². The Labute approximate surface area is 156 Å². The summed E-state index contributed by atoms with van der Waals surface area (Å²) in [5, 5.41) is 12.6. The molecule has 1 saturated heterocycles. The lowest BCUT2D eigenvalue weighted by Crippen LogP contribution is -2.47. The SMILES string of the molecule is O=C(O)c1cccc(CNC(=O)C2(c3cccc(Cl)c3)CCOCC2)c1. The van der Waals surface area contributed by atoms with Crippen LogP contribution < -0.4 is 5.32 Å². The fraction of sp³-hybridized carbons (Fsp3) is 0.300. The summed E-state index contributed by atoms with van der Waals surface area (Å²) < 4.78 is 5.45. The summed E-state index contributed by atoms with van der Waals surface area (Å²) >= 11 is 6.13. The summed E-state index contributed by atoms with van der Waals surface area (Å²) in [6.07, 6.45) is 1.16. The van der Waals surface area contributed by atoms with Crippen LogP contribution in [0, 0.1) is 0 Å². The molecule has 1 fully saturated rings. The van der Waals surface area contributed by atoms with Gasteiger partial charge in [-0.3, -0.25) is 4.79 Å². The average molecular weight is 374 g/mol. The van der Waals surface area contributed by atoms with Crippen molar-refractivity contribution >= 4 is 23.5 Å². The van der Waals surface area contributed by atoms with Crippen LogP contribution in [0.15, 0.2) is 48.5 Å². The highest BCUT2D eigenvalue weighted by molar-refractivity contribution is 6.30. The molecule has 0 aliphatic carbocycles. The number of amides is 1. The maximum absolute atomic E-state index is 13.1. The van der Waals surface area contributed by atoms with E-state index in [9.17, 15) is 9.59 Å². The van der Waals surface area contributed by atoms with Gasteiger partial charge in [0.1, 0.15) is 0 Å². The molecular weight excluding hydrogens is 354 g/mol. The Kier molecular flexibility index (Phi) is 5.59. The number of carboxylic acid groups (broad SMARTS) is 1. The van der Waals surface area contributed by atoms with E-state index in [4.69, 9.17) is 21.4 Å². The fourth-order valence-electron chi connectivity index (χ4n) is 3.32. The van der Waals surface area contributed by atoms with Crippen LogP contribution >= 0.6 is 11.6 Å². The average Bonchev–Trinajstić information content (AvgIpc) is 2.67. The Balaban J connectivity index is 1.80. The van der Waals surface area contributed by atoms with E-state index in [2.05, 4.69) is 5.32 Å². The van der Waals surface area contributed by atoms with Crippen molar-refractivity contribution in [1.82, 2.24) is 5.32 Å². The number of hydrogen-bond donors (Lipinski definition) is 2. The van der Waals surface area contributed by atoms with Gasteiger partial charge in [-0.05, 0) is 48.2 Å². The number of carbonyl (C=O) groups is 2. The van der Waals surface area contributed by atoms with Crippen molar-refractivity contribution in [2.45, 2.75) is 24.8 Å². The molecule has 0 spiro atoms. The maximum atomic E-state index is 13.1. The van der Waals surface area contributed by atoms with Crippen LogP contribution in [0.1, 0.15) is 34.3 Å². The summed E-state index contributed by atoms with van der Waals surface area (Å²) in [6.45, 7) is 1.28. The Morgan fingerprint density at radius 2 is 1.85 bits per heavy atom. The second kappa shape index (κ2) is 7.89. The number of benzene rings is 2. The topological polar surface area (TPSA) is 75.6 Å². The first-order chi connectivity index (χ1) is 12.5. The summed E-state index contributed by atoms with van der Waals surface area (Å²) in [7, 11) is 0. The van der Waals surface area contributed by atoms with Crippen molar-refractivity contribution < 1.29 is 19.4 Å². The van der Waals surface area contributed by atoms with Crippen molar-refractivity contribution in [1.29, 1.82) is 0 Å². The summed E-state index contributed by atoms with van der Waals surface area (Å²) in [4.78, 5) is 24.2.